The number of furan rings is 1. The molecule has 0 bridgehead atoms. The van der Waals surface area contributed by atoms with Crippen LogP contribution in [0.3, 0.4) is 0 Å². The molecule has 1 aromatic rings. The molecule has 4 nitrogen and oxygen atoms in total. The predicted molar refractivity (Wildman–Crippen MR) is 70.0 cm³/mol. The van der Waals surface area contributed by atoms with E-state index in [4.69, 9.17) is 4.42 Å². The largest absolute Gasteiger partial charge is 0.467 e. The smallest absolute Gasteiger partial charge is 0.240 e. The third kappa shape index (κ3) is 2.75. The average Bonchev–Trinajstić information content (AvgIpc) is 2.80. The highest BCUT2D eigenvalue weighted by Crippen LogP contribution is 2.31. The third-order valence-electron chi connectivity index (χ3n) is 3.72. The number of likely N-dealkylation sites (N-methyl/N-ethyl adjacent to an activating group) is 1. The van der Waals surface area contributed by atoms with Gasteiger partial charge in [0.2, 0.25) is 5.91 Å². The van der Waals surface area contributed by atoms with Crippen LogP contribution in [0.2, 0.25) is 0 Å². The Morgan fingerprint density at radius 1 is 1.61 bits per heavy atom. The molecular formula is C14H22N2O2. The first-order chi connectivity index (χ1) is 8.50. The predicted octanol–water partition coefficient (Wildman–Crippen LogP) is 2.02. The number of nitrogens with one attached hydrogen (secondary N) is 1. The molecule has 0 aromatic carbocycles. The van der Waals surface area contributed by atoms with E-state index >= 15 is 0 Å². The lowest BCUT2D eigenvalue weighted by Gasteiger charge is -2.39. The Kier molecular flexibility index (Phi) is 3.76. The van der Waals surface area contributed by atoms with Crippen LogP contribution >= 0.6 is 0 Å². The van der Waals surface area contributed by atoms with E-state index in [9.17, 15) is 4.79 Å². The molecule has 0 radical (unpaired) electrons. The minimum atomic E-state index is -0.0915. The zero-order valence-electron chi connectivity index (χ0n) is 11.4. The first-order valence-electron chi connectivity index (χ1n) is 6.51. The fraction of sp³-hybridized carbons (Fsp3) is 0.643. The molecule has 4 heteroatoms. The van der Waals surface area contributed by atoms with Crippen molar-refractivity contribution in [2.75, 3.05) is 13.6 Å². The van der Waals surface area contributed by atoms with Crippen molar-refractivity contribution < 1.29 is 9.21 Å². The monoisotopic (exact) mass is 250 g/mol. The third-order valence-corrected chi connectivity index (χ3v) is 3.72. The van der Waals surface area contributed by atoms with E-state index < -0.39 is 0 Å². The van der Waals surface area contributed by atoms with Crippen molar-refractivity contribution in [2.24, 2.45) is 5.41 Å². The van der Waals surface area contributed by atoms with Gasteiger partial charge < -0.3 is 14.6 Å². The SMILES string of the molecule is CN(Cc1ccco1)C(=O)C1NCCCC1(C)C. The van der Waals surface area contributed by atoms with Gasteiger partial charge >= 0.3 is 0 Å². The van der Waals surface area contributed by atoms with Gasteiger partial charge in [0.05, 0.1) is 18.8 Å². The van der Waals surface area contributed by atoms with Crippen molar-refractivity contribution in [1.29, 1.82) is 0 Å². The first kappa shape index (κ1) is 13.1. The maximum Gasteiger partial charge on any atom is 0.240 e. The summed E-state index contributed by atoms with van der Waals surface area (Å²) < 4.78 is 5.28. The summed E-state index contributed by atoms with van der Waals surface area (Å²) in [6, 6.07) is 3.64. The van der Waals surface area contributed by atoms with Crippen LogP contribution in [-0.2, 0) is 11.3 Å². The lowest BCUT2D eigenvalue weighted by Crippen LogP contribution is -2.55. The maximum atomic E-state index is 12.5. The van der Waals surface area contributed by atoms with E-state index in [-0.39, 0.29) is 17.4 Å². The van der Waals surface area contributed by atoms with Crippen molar-refractivity contribution in [2.45, 2.75) is 39.3 Å². The summed E-state index contributed by atoms with van der Waals surface area (Å²) in [5, 5.41) is 3.35. The van der Waals surface area contributed by atoms with Crippen molar-refractivity contribution in [3.63, 3.8) is 0 Å². The molecule has 1 unspecified atom stereocenters. The van der Waals surface area contributed by atoms with Crippen LogP contribution < -0.4 is 5.32 Å². The molecule has 100 valence electrons. The van der Waals surface area contributed by atoms with Gasteiger partial charge in [0.25, 0.3) is 0 Å². The molecule has 18 heavy (non-hydrogen) atoms. The molecule has 0 spiro atoms. The van der Waals surface area contributed by atoms with Gasteiger partial charge in [-0.05, 0) is 36.9 Å². The molecule has 1 saturated heterocycles. The van der Waals surface area contributed by atoms with Gasteiger partial charge in [0.1, 0.15) is 5.76 Å². The standard InChI is InChI=1S/C14H22N2O2/c1-14(2)7-5-8-15-12(14)13(17)16(3)10-11-6-4-9-18-11/h4,6,9,12,15H,5,7-8,10H2,1-3H3. The summed E-state index contributed by atoms with van der Waals surface area (Å²) in [6.07, 6.45) is 3.86. The summed E-state index contributed by atoms with van der Waals surface area (Å²) in [7, 11) is 1.83. The van der Waals surface area contributed by atoms with Crippen molar-refractivity contribution in [3.8, 4) is 0 Å². The average molecular weight is 250 g/mol. The van der Waals surface area contributed by atoms with Gasteiger partial charge in [-0.15, -0.1) is 0 Å². The Morgan fingerprint density at radius 2 is 2.39 bits per heavy atom. The lowest BCUT2D eigenvalue weighted by atomic mass is 9.77. The van der Waals surface area contributed by atoms with Gasteiger partial charge in [0.15, 0.2) is 0 Å². The van der Waals surface area contributed by atoms with E-state index in [0.29, 0.717) is 6.54 Å². The molecule has 1 atom stereocenters. The Hall–Kier alpha value is -1.29. The Morgan fingerprint density at radius 3 is 3.00 bits per heavy atom. The van der Waals surface area contributed by atoms with Crippen LogP contribution in [0, 0.1) is 5.41 Å². The van der Waals surface area contributed by atoms with Crippen molar-refractivity contribution in [3.05, 3.63) is 24.2 Å². The molecule has 1 fully saturated rings. The molecule has 1 aromatic heterocycles. The second kappa shape index (κ2) is 5.14. The summed E-state index contributed by atoms with van der Waals surface area (Å²) >= 11 is 0. The molecule has 1 amide bonds. The summed E-state index contributed by atoms with van der Waals surface area (Å²) in [6.45, 7) is 5.76. The fourth-order valence-corrected chi connectivity index (χ4v) is 2.57. The maximum absolute atomic E-state index is 12.5. The number of amides is 1. The zero-order chi connectivity index (χ0) is 13.2. The molecule has 1 aliphatic heterocycles. The molecule has 2 rings (SSSR count). The molecule has 2 heterocycles. The fourth-order valence-electron chi connectivity index (χ4n) is 2.57. The van der Waals surface area contributed by atoms with Crippen LogP contribution in [-0.4, -0.2) is 30.4 Å². The van der Waals surface area contributed by atoms with Crippen molar-refractivity contribution in [1.82, 2.24) is 10.2 Å². The van der Waals surface area contributed by atoms with Crippen molar-refractivity contribution >= 4 is 5.91 Å². The Labute approximate surface area is 108 Å². The Bertz CT molecular complexity index is 398. The minimum Gasteiger partial charge on any atom is -0.467 e. The van der Waals surface area contributed by atoms with E-state index in [1.807, 2.05) is 19.2 Å². The normalized spacial score (nSPS) is 22.7. The van der Waals surface area contributed by atoms with Gasteiger partial charge in [-0.2, -0.15) is 0 Å². The summed E-state index contributed by atoms with van der Waals surface area (Å²) in [4.78, 5) is 14.2. The number of carbonyl (C=O) groups excluding carboxylic acids is 1. The van der Waals surface area contributed by atoms with E-state index in [0.717, 1.165) is 25.1 Å². The van der Waals surface area contributed by atoms with Crippen LogP contribution in [0.5, 0.6) is 0 Å². The molecular weight excluding hydrogens is 228 g/mol. The number of rotatable bonds is 3. The number of carbonyl (C=O) groups is 1. The van der Waals surface area contributed by atoms with Gasteiger partial charge in [-0.25, -0.2) is 0 Å². The van der Waals surface area contributed by atoms with Crippen LogP contribution in [0.4, 0.5) is 0 Å². The quantitative estimate of drug-likeness (QED) is 0.892. The number of hydrogen-bond acceptors (Lipinski definition) is 3. The zero-order valence-corrected chi connectivity index (χ0v) is 11.4. The van der Waals surface area contributed by atoms with Gasteiger partial charge in [0, 0.05) is 7.05 Å². The van der Waals surface area contributed by atoms with E-state index in [2.05, 4.69) is 19.2 Å². The number of nitrogens with zero attached hydrogens (tertiary/aromatic N) is 1. The highest BCUT2D eigenvalue weighted by Gasteiger charge is 2.38. The molecule has 1 N–H and O–H groups in total. The Balaban J connectivity index is 2.01. The van der Waals surface area contributed by atoms with Crippen LogP contribution in [0.1, 0.15) is 32.4 Å². The van der Waals surface area contributed by atoms with Gasteiger partial charge in [-0.3, -0.25) is 4.79 Å². The minimum absolute atomic E-state index is 0.0206. The topological polar surface area (TPSA) is 45.5 Å². The second-order valence-corrected chi connectivity index (χ2v) is 5.75. The lowest BCUT2D eigenvalue weighted by molar-refractivity contribution is -0.136. The number of piperidine rings is 1. The summed E-state index contributed by atoms with van der Waals surface area (Å²) in [5.41, 5.74) is 0.0206. The van der Waals surface area contributed by atoms with E-state index in [1.165, 1.54) is 0 Å². The van der Waals surface area contributed by atoms with Crippen LogP contribution in [0.25, 0.3) is 0 Å². The molecule has 1 aliphatic rings. The van der Waals surface area contributed by atoms with E-state index in [1.54, 1.807) is 11.2 Å². The molecule has 0 aliphatic carbocycles. The second-order valence-electron chi connectivity index (χ2n) is 5.75. The molecule has 0 saturated carbocycles. The number of hydrogen-bond donors (Lipinski definition) is 1. The first-order valence-corrected chi connectivity index (χ1v) is 6.51. The highest BCUT2D eigenvalue weighted by molar-refractivity contribution is 5.82. The van der Waals surface area contributed by atoms with Gasteiger partial charge in [-0.1, -0.05) is 13.8 Å². The van der Waals surface area contributed by atoms with Crippen LogP contribution in [0.15, 0.2) is 22.8 Å². The summed E-state index contributed by atoms with van der Waals surface area (Å²) in [5.74, 6) is 0.968. The highest BCUT2D eigenvalue weighted by atomic mass is 16.3.